The lowest BCUT2D eigenvalue weighted by molar-refractivity contribution is 0.0944. The van der Waals surface area contributed by atoms with Gasteiger partial charge in [0.2, 0.25) is 10.0 Å². The van der Waals surface area contributed by atoms with Crippen molar-refractivity contribution in [2.75, 3.05) is 13.2 Å². The van der Waals surface area contributed by atoms with Crippen molar-refractivity contribution in [3.05, 3.63) is 29.8 Å². The number of carbonyl (C=O) groups excluding carboxylic acids is 1. The highest BCUT2D eigenvalue weighted by molar-refractivity contribution is 7.89. The lowest BCUT2D eigenvalue weighted by atomic mass is 10.2. The van der Waals surface area contributed by atoms with Crippen LogP contribution in [0.15, 0.2) is 29.2 Å². The molecule has 1 aromatic carbocycles. The number of aliphatic hydroxyl groups is 1. The standard InChI is InChI=1S/C12H18N2O4S/c1-9(2)14-19(17,18)11-5-3-10(4-6-11)12(16)13-7-8-15/h3-6,9,14-15H,7-8H2,1-2H3,(H,13,16). The molecule has 7 heteroatoms. The van der Waals surface area contributed by atoms with Crippen molar-refractivity contribution in [2.45, 2.75) is 24.8 Å². The van der Waals surface area contributed by atoms with Gasteiger partial charge in [-0.15, -0.1) is 0 Å². The van der Waals surface area contributed by atoms with E-state index in [1.807, 2.05) is 0 Å². The Kier molecular flexibility index (Phi) is 5.46. The Bertz CT molecular complexity index is 523. The third kappa shape index (κ3) is 4.62. The third-order valence-corrected chi connectivity index (χ3v) is 3.89. The van der Waals surface area contributed by atoms with Crippen LogP contribution in [0.3, 0.4) is 0 Å². The van der Waals surface area contributed by atoms with E-state index in [9.17, 15) is 13.2 Å². The Labute approximate surface area is 112 Å². The number of benzene rings is 1. The number of carbonyl (C=O) groups is 1. The minimum atomic E-state index is -3.54. The smallest absolute Gasteiger partial charge is 0.251 e. The van der Waals surface area contributed by atoms with Crippen LogP contribution in [0.25, 0.3) is 0 Å². The summed E-state index contributed by atoms with van der Waals surface area (Å²) >= 11 is 0. The minimum Gasteiger partial charge on any atom is -0.395 e. The van der Waals surface area contributed by atoms with Crippen LogP contribution in [-0.2, 0) is 10.0 Å². The Morgan fingerprint density at radius 2 is 1.84 bits per heavy atom. The first kappa shape index (κ1) is 15.6. The Hall–Kier alpha value is -1.44. The first-order valence-electron chi connectivity index (χ1n) is 5.88. The summed E-state index contributed by atoms with van der Waals surface area (Å²) in [6.45, 7) is 3.48. The zero-order valence-electron chi connectivity index (χ0n) is 10.9. The second kappa shape index (κ2) is 6.65. The zero-order chi connectivity index (χ0) is 14.5. The average molecular weight is 286 g/mol. The molecular weight excluding hydrogens is 268 g/mol. The van der Waals surface area contributed by atoms with Gasteiger partial charge in [0.05, 0.1) is 11.5 Å². The molecule has 1 amide bonds. The minimum absolute atomic E-state index is 0.111. The van der Waals surface area contributed by atoms with E-state index in [4.69, 9.17) is 5.11 Å². The quantitative estimate of drug-likeness (QED) is 0.691. The van der Waals surface area contributed by atoms with Gasteiger partial charge in [-0.2, -0.15) is 0 Å². The molecule has 0 atom stereocenters. The molecule has 106 valence electrons. The van der Waals surface area contributed by atoms with Crippen molar-refractivity contribution in [3.63, 3.8) is 0 Å². The maximum atomic E-state index is 11.9. The lowest BCUT2D eigenvalue weighted by Crippen LogP contribution is -2.30. The number of hydrogen-bond acceptors (Lipinski definition) is 4. The number of sulfonamides is 1. The summed E-state index contributed by atoms with van der Waals surface area (Å²) in [5.74, 6) is -0.352. The fourth-order valence-electron chi connectivity index (χ4n) is 1.44. The third-order valence-electron chi connectivity index (χ3n) is 2.22. The summed E-state index contributed by atoms with van der Waals surface area (Å²) in [5, 5.41) is 11.1. The van der Waals surface area contributed by atoms with Crippen LogP contribution in [-0.4, -0.2) is 38.6 Å². The molecule has 3 N–H and O–H groups in total. The second-order valence-corrected chi connectivity index (χ2v) is 5.99. The van der Waals surface area contributed by atoms with Gasteiger partial charge in [-0.1, -0.05) is 0 Å². The molecule has 0 aliphatic rings. The normalized spacial score (nSPS) is 11.6. The van der Waals surface area contributed by atoms with E-state index in [0.717, 1.165) is 0 Å². The van der Waals surface area contributed by atoms with Crippen LogP contribution in [0.4, 0.5) is 0 Å². The Balaban J connectivity index is 2.85. The molecule has 6 nitrogen and oxygen atoms in total. The van der Waals surface area contributed by atoms with E-state index in [0.29, 0.717) is 5.56 Å². The van der Waals surface area contributed by atoms with Gasteiger partial charge in [-0.3, -0.25) is 4.79 Å². The fraction of sp³-hybridized carbons (Fsp3) is 0.417. The second-order valence-electron chi connectivity index (χ2n) is 4.28. The summed E-state index contributed by atoms with van der Waals surface area (Å²) in [4.78, 5) is 11.7. The topological polar surface area (TPSA) is 95.5 Å². The van der Waals surface area contributed by atoms with Crippen LogP contribution < -0.4 is 10.0 Å². The summed E-state index contributed by atoms with van der Waals surface area (Å²) in [5.41, 5.74) is 0.344. The monoisotopic (exact) mass is 286 g/mol. The first-order valence-corrected chi connectivity index (χ1v) is 7.36. The molecule has 0 saturated carbocycles. The maximum absolute atomic E-state index is 11.9. The van der Waals surface area contributed by atoms with E-state index in [2.05, 4.69) is 10.0 Å². The molecule has 1 rings (SSSR count). The molecule has 0 radical (unpaired) electrons. The van der Waals surface area contributed by atoms with Crippen LogP contribution in [0.5, 0.6) is 0 Å². The molecule has 19 heavy (non-hydrogen) atoms. The predicted octanol–water partition coefficient (Wildman–Crippen LogP) is 0.0954. The van der Waals surface area contributed by atoms with Crippen molar-refractivity contribution >= 4 is 15.9 Å². The van der Waals surface area contributed by atoms with Crippen LogP contribution in [0, 0.1) is 0 Å². The van der Waals surface area contributed by atoms with E-state index in [1.165, 1.54) is 24.3 Å². The van der Waals surface area contributed by atoms with Crippen LogP contribution in [0.2, 0.25) is 0 Å². The van der Waals surface area contributed by atoms with Crippen molar-refractivity contribution in [1.29, 1.82) is 0 Å². The van der Waals surface area contributed by atoms with Crippen molar-refractivity contribution < 1.29 is 18.3 Å². The van der Waals surface area contributed by atoms with Crippen molar-refractivity contribution in [3.8, 4) is 0 Å². The van der Waals surface area contributed by atoms with E-state index in [1.54, 1.807) is 13.8 Å². The molecule has 0 heterocycles. The fourth-order valence-corrected chi connectivity index (χ4v) is 2.69. The zero-order valence-corrected chi connectivity index (χ0v) is 11.7. The Morgan fingerprint density at radius 3 is 2.32 bits per heavy atom. The highest BCUT2D eigenvalue weighted by Gasteiger charge is 2.15. The molecule has 0 bridgehead atoms. The first-order chi connectivity index (χ1) is 8.86. The van der Waals surface area contributed by atoms with Gasteiger partial charge in [0.25, 0.3) is 5.91 Å². The molecule has 0 aliphatic carbocycles. The van der Waals surface area contributed by atoms with E-state index in [-0.39, 0.29) is 30.0 Å². The molecule has 0 aliphatic heterocycles. The van der Waals surface area contributed by atoms with Gasteiger partial charge in [-0.05, 0) is 38.1 Å². The highest BCUT2D eigenvalue weighted by Crippen LogP contribution is 2.11. The van der Waals surface area contributed by atoms with E-state index >= 15 is 0 Å². The van der Waals surface area contributed by atoms with Gasteiger partial charge in [-0.25, -0.2) is 13.1 Å². The number of rotatable bonds is 6. The molecule has 0 aromatic heterocycles. The summed E-state index contributed by atoms with van der Waals surface area (Å²) in [6.07, 6.45) is 0. The number of hydrogen-bond donors (Lipinski definition) is 3. The van der Waals surface area contributed by atoms with Gasteiger partial charge in [0.1, 0.15) is 0 Å². The summed E-state index contributed by atoms with van der Waals surface area (Å²) < 4.78 is 26.2. The summed E-state index contributed by atoms with van der Waals surface area (Å²) in [7, 11) is -3.54. The Morgan fingerprint density at radius 1 is 1.26 bits per heavy atom. The summed E-state index contributed by atoms with van der Waals surface area (Å²) in [6, 6.07) is 5.41. The number of amides is 1. The van der Waals surface area contributed by atoms with Gasteiger partial charge < -0.3 is 10.4 Å². The van der Waals surface area contributed by atoms with Gasteiger partial charge in [0.15, 0.2) is 0 Å². The van der Waals surface area contributed by atoms with Gasteiger partial charge >= 0.3 is 0 Å². The molecule has 0 spiro atoms. The van der Waals surface area contributed by atoms with Gasteiger partial charge in [0, 0.05) is 18.2 Å². The SMILES string of the molecule is CC(C)NS(=O)(=O)c1ccc(C(=O)NCCO)cc1. The lowest BCUT2D eigenvalue weighted by Gasteiger charge is -2.10. The predicted molar refractivity (Wildman–Crippen MR) is 71.3 cm³/mol. The van der Waals surface area contributed by atoms with E-state index < -0.39 is 10.0 Å². The molecule has 1 aromatic rings. The van der Waals surface area contributed by atoms with Crippen molar-refractivity contribution in [1.82, 2.24) is 10.0 Å². The largest absolute Gasteiger partial charge is 0.395 e. The van der Waals surface area contributed by atoms with Crippen LogP contribution >= 0.6 is 0 Å². The number of aliphatic hydroxyl groups excluding tert-OH is 1. The average Bonchev–Trinajstić information content (AvgIpc) is 2.34. The molecule has 0 unspecified atom stereocenters. The number of nitrogens with one attached hydrogen (secondary N) is 2. The van der Waals surface area contributed by atoms with Crippen molar-refractivity contribution in [2.24, 2.45) is 0 Å². The molecule has 0 saturated heterocycles. The highest BCUT2D eigenvalue weighted by atomic mass is 32.2. The molecule has 0 fully saturated rings. The van der Waals surface area contributed by atoms with Crippen LogP contribution in [0.1, 0.15) is 24.2 Å². The maximum Gasteiger partial charge on any atom is 0.251 e. The molecular formula is C12H18N2O4S.